The predicted octanol–water partition coefficient (Wildman–Crippen LogP) is 7.49. The Morgan fingerprint density at radius 1 is 0.898 bits per heavy atom. The van der Waals surface area contributed by atoms with Crippen molar-refractivity contribution in [3.63, 3.8) is 0 Å². The van der Waals surface area contributed by atoms with Gasteiger partial charge in [-0.05, 0) is 131 Å². The molecule has 3 aliphatic rings. The molecule has 1 aliphatic carbocycles. The minimum Gasteiger partial charge on any atom is -0.478 e. The lowest BCUT2D eigenvalue weighted by atomic mass is 9.87. The number of carbonyl (C=O) groups excluding carboxylic acids is 3. The zero-order valence-corrected chi connectivity index (χ0v) is 61.1. The van der Waals surface area contributed by atoms with E-state index in [-0.39, 0.29) is 98.9 Å². The largest absolute Gasteiger partial charge is 0.490 e. The lowest BCUT2D eigenvalue weighted by molar-refractivity contribution is -0.534. The summed E-state index contributed by atoms with van der Waals surface area (Å²) in [5, 5.41) is 14.7. The number of hydrogen-bond donors (Lipinski definition) is 8. The van der Waals surface area contributed by atoms with E-state index in [4.69, 9.17) is 63.1 Å². The van der Waals surface area contributed by atoms with Crippen LogP contribution < -0.4 is 26.9 Å². The molecular formula is C62H84N4O25P3S4+. The average Bonchev–Trinajstić information content (AvgIpc) is 0.871. The van der Waals surface area contributed by atoms with Gasteiger partial charge in [-0.2, -0.15) is 8.62 Å². The molecule has 36 heteroatoms. The molecule has 2 aliphatic heterocycles. The Morgan fingerprint density at radius 2 is 1.63 bits per heavy atom. The molecule has 6 rings (SSSR count). The van der Waals surface area contributed by atoms with Crippen LogP contribution in [0.4, 0.5) is 4.79 Å². The third-order valence-corrected chi connectivity index (χ3v) is 21.9. The van der Waals surface area contributed by atoms with Crippen molar-refractivity contribution in [2.45, 2.75) is 135 Å². The van der Waals surface area contributed by atoms with Gasteiger partial charge in [-0.15, -0.1) is 0 Å². The van der Waals surface area contributed by atoms with Crippen molar-refractivity contribution in [3.8, 4) is 34.3 Å². The monoisotopic (exact) mass is 1510 g/mol. The number of fused-ring (bicyclic) bond motifs is 2. The second-order valence-electron chi connectivity index (χ2n) is 23.2. The number of phosphoric acid groups is 3. The molecule has 0 bridgehead atoms. The lowest BCUT2D eigenvalue weighted by Crippen LogP contribution is -2.81. The summed E-state index contributed by atoms with van der Waals surface area (Å²) in [6, 6.07) is 14.8. The highest BCUT2D eigenvalue weighted by Crippen LogP contribution is 2.66. The summed E-state index contributed by atoms with van der Waals surface area (Å²) >= 11 is 5.16. The minimum atomic E-state index is -5.80. The van der Waals surface area contributed by atoms with Gasteiger partial charge in [0.1, 0.15) is 41.2 Å². The third-order valence-electron chi connectivity index (χ3n) is 14.3. The number of hydrogen-bond acceptors (Lipinski definition) is 23. The van der Waals surface area contributed by atoms with Crippen molar-refractivity contribution < 1.29 is 113 Å². The number of ketones is 1. The van der Waals surface area contributed by atoms with Crippen LogP contribution in [0.3, 0.4) is 0 Å². The number of H-pyrrole nitrogens is 1. The SMILES string of the molecule is CCCc1cc2oc3cc(=[NH+]C(C)C)ccc-3c(-c3cc(C(=O)CCCOCCOCCNC(=O)OCCC(C)(C)SSCOCCCCOC(=O)CCC#Cc4cn([C@H]5C[C@H](OCS(C)=S)[C@@H](COP(=O)(O)OP(=O)(O)OP(=O)(O)O)O5)c(=O)[nH]c4=O)ccc3C(=O)O)c2cc1C. The first-order chi connectivity index (χ1) is 46.3. The Hall–Kier alpha value is -5.27. The van der Waals surface area contributed by atoms with Crippen LogP contribution >= 0.6 is 45.1 Å². The fraction of sp³-hybridized carbons (Fsp3) is 0.532. The van der Waals surface area contributed by atoms with E-state index in [0.717, 1.165) is 51.0 Å². The number of aromatic nitrogens is 2. The molecule has 540 valence electrons. The molecule has 1 amide bonds. The molecule has 29 nitrogen and oxygen atoms in total. The van der Waals surface area contributed by atoms with Crippen LogP contribution in [0.1, 0.15) is 136 Å². The molecule has 0 saturated carbocycles. The molecule has 0 spiro atoms. The van der Waals surface area contributed by atoms with Gasteiger partial charge in [0.15, 0.2) is 5.78 Å². The topological polar surface area (TPSA) is 407 Å². The molecule has 1 saturated heterocycles. The van der Waals surface area contributed by atoms with Crippen molar-refractivity contribution in [2.75, 3.05) is 77.5 Å². The summed E-state index contributed by atoms with van der Waals surface area (Å²) in [5.74, 6) is 4.51. The van der Waals surface area contributed by atoms with Gasteiger partial charge < -0.3 is 67.6 Å². The van der Waals surface area contributed by atoms with E-state index in [1.807, 2.05) is 65.0 Å². The highest BCUT2D eigenvalue weighted by Gasteiger charge is 2.44. The Morgan fingerprint density at radius 3 is 2.35 bits per heavy atom. The number of phosphoric ester groups is 1. The zero-order chi connectivity index (χ0) is 71.8. The van der Waals surface area contributed by atoms with Gasteiger partial charge in [-0.1, -0.05) is 62.3 Å². The number of nitrogens with one attached hydrogen (secondary N) is 3. The summed E-state index contributed by atoms with van der Waals surface area (Å²) < 4.78 is 93.8. The van der Waals surface area contributed by atoms with Crippen molar-refractivity contribution in [3.05, 3.63) is 109 Å². The number of esters is 1. The summed E-state index contributed by atoms with van der Waals surface area (Å²) in [7, 11) is -14.6. The molecule has 3 aromatic rings. The minimum absolute atomic E-state index is 0.00122. The molecule has 1 fully saturated rings. The maximum atomic E-state index is 13.6. The normalized spacial score (nSPS) is 16.7. The second-order valence-corrected chi connectivity index (χ2v) is 33.7. The van der Waals surface area contributed by atoms with E-state index in [0.29, 0.717) is 72.9 Å². The molecule has 98 heavy (non-hydrogen) atoms. The van der Waals surface area contributed by atoms with Crippen LogP contribution in [-0.2, 0) is 91.9 Å². The Bertz CT molecular complexity index is 3980. The van der Waals surface area contributed by atoms with Gasteiger partial charge in [0.25, 0.3) is 5.56 Å². The van der Waals surface area contributed by atoms with Crippen LogP contribution in [0.5, 0.6) is 0 Å². The number of ether oxygens (including phenoxy) is 7. The molecule has 1 aromatic heterocycles. The number of aromatic amines is 1. The Balaban J connectivity index is 0.798. The Labute approximate surface area is 580 Å². The summed E-state index contributed by atoms with van der Waals surface area (Å²) in [6.45, 7) is 13.5. The standard InChI is InChI=1S/C62H83N4O25P3S4/c1-8-14-42-33-51-49(31-41(42)4)57(47-21-19-45(64-40(2)3)34-52(47)88-51)48-32-43(18-20-46(48)59(70)71)50(67)16-13-25-81-29-30-82-28-23-63-61(73)85-27-22-62(5,6)97-96-38-83-24-11-12-26-84-56(68)17-10-9-15-44-36-66(60(72)65-58(44)69)55-35-53(86-39-98(7)95)54(89-55)37-87-93(77,78)91-94(79,80)90-92(74,75)76/h18-21,31-34,36,40,53-55H,8,10-14,16-17,22-30,35,37-39H2,1-7H3,(H,63,73)(H,70,71)(H,77,78)(H,79,80)(H,65,69,72)(H2,74,75,76)/p+1/t53-,54+,55+,98?/m0/s1. The van der Waals surface area contributed by atoms with Crippen LogP contribution in [-0.4, -0.2) is 159 Å². The van der Waals surface area contributed by atoms with Gasteiger partial charge in [0.2, 0.25) is 5.36 Å². The van der Waals surface area contributed by atoms with Crippen LogP contribution in [0.15, 0.2) is 68.7 Å². The highest BCUT2D eigenvalue weighted by molar-refractivity contribution is 8.77. The van der Waals surface area contributed by atoms with E-state index in [9.17, 15) is 57.4 Å². The quantitative estimate of drug-likeness (QED) is 0.00274. The molecule has 8 N–H and O–H groups in total. The van der Waals surface area contributed by atoms with Crippen molar-refractivity contribution >= 4 is 100 Å². The third kappa shape index (κ3) is 27.6. The number of amides is 1. The number of nitrogens with zero attached hydrogens (tertiary/aromatic N) is 1. The molecule has 3 unspecified atom stereocenters. The predicted molar refractivity (Wildman–Crippen MR) is 369 cm³/mol. The molecule has 3 heterocycles. The number of aromatic carboxylic acids is 1. The van der Waals surface area contributed by atoms with Gasteiger partial charge in [0.05, 0.1) is 69.7 Å². The number of rotatable bonds is 41. The number of benzene rings is 3. The van der Waals surface area contributed by atoms with Gasteiger partial charge in [-0.3, -0.25) is 28.5 Å². The van der Waals surface area contributed by atoms with Crippen LogP contribution in [0.2, 0.25) is 0 Å². The number of aryl methyl sites for hydroxylation is 2. The summed E-state index contributed by atoms with van der Waals surface area (Å²) in [4.78, 5) is 119. The molecular weight excluding hydrogens is 1420 g/mol. The van der Waals surface area contributed by atoms with Gasteiger partial charge >= 0.3 is 47.2 Å². The number of carboxylic acid groups (broad SMARTS) is 1. The fourth-order valence-electron chi connectivity index (χ4n) is 9.76. The molecule has 6 atom stereocenters. The first-order valence-corrected chi connectivity index (χ1v) is 40.7. The number of alkyl carbamates (subject to hydrolysis) is 1. The first kappa shape index (κ1) is 81.7. The highest BCUT2D eigenvalue weighted by atomic mass is 33.1. The average molecular weight is 1510 g/mol. The summed E-state index contributed by atoms with van der Waals surface area (Å²) in [5.41, 5.74) is 3.21. The zero-order valence-electron chi connectivity index (χ0n) is 55.2. The molecule has 0 radical (unpaired) electrons. The van der Waals surface area contributed by atoms with Crippen LogP contribution in [0, 0.1) is 18.8 Å². The van der Waals surface area contributed by atoms with Gasteiger partial charge in [0, 0.05) is 78.1 Å². The number of carboxylic acids is 1. The maximum absolute atomic E-state index is 13.6. The number of Topliss-reactive ketones (excluding diaryl/α,β-unsaturated/α-hetero) is 1. The lowest BCUT2D eigenvalue weighted by Gasteiger charge is -2.22. The van der Waals surface area contributed by atoms with Crippen molar-refractivity contribution in [1.82, 2.24) is 14.9 Å². The van der Waals surface area contributed by atoms with Gasteiger partial charge in [-0.25, -0.2) is 33.1 Å². The van der Waals surface area contributed by atoms with Crippen molar-refractivity contribution in [1.29, 1.82) is 0 Å². The fourth-order valence-corrected chi connectivity index (χ4v) is 15.6. The number of carbonyl (C=O) groups is 4. The van der Waals surface area contributed by atoms with E-state index < -0.39 is 87.2 Å². The van der Waals surface area contributed by atoms with E-state index >= 15 is 0 Å². The molecule has 2 aromatic carbocycles. The second kappa shape index (κ2) is 39.2. The Kier molecular flexibility index (Phi) is 32.7. The first-order valence-electron chi connectivity index (χ1n) is 31.1. The summed E-state index contributed by atoms with van der Waals surface area (Å²) in [6.07, 6.45) is 2.75. The maximum Gasteiger partial charge on any atom is 0.490 e. The van der Waals surface area contributed by atoms with E-state index in [2.05, 4.69) is 42.7 Å². The van der Waals surface area contributed by atoms with E-state index in [1.165, 1.54) is 16.9 Å². The van der Waals surface area contributed by atoms with Crippen LogP contribution in [0.25, 0.3) is 33.4 Å². The smallest absolute Gasteiger partial charge is 0.478 e. The van der Waals surface area contributed by atoms with E-state index in [1.54, 1.807) is 29.2 Å². The number of unbranched alkanes of at least 4 members (excludes halogenated alkanes) is 1. The van der Waals surface area contributed by atoms with Crippen molar-refractivity contribution in [2.24, 2.45) is 0 Å².